The largest absolute Gasteiger partial charge is 0.461 e. The summed E-state index contributed by atoms with van der Waals surface area (Å²) in [5.74, 6) is 2.30. The first-order chi connectivity index (χ1) is 11.2. The number of nitrogens with one attached hydrogen (secondary N) is 1. The number of aryl methyl sites for hydroxylation is 1. The molecular weight excluding hydrogens is 298 g/mol. The summed E-state index contributed by atoms with van der Waals surface area (Å²) >= 11 is 0. The van der Waals surface area contributed by atoms with Gasteiger partial charge >= 0.3 is 6.03 Å². The summed E-state index contributed by atoms with van der Waals surface area (Å²) in [5.41, 5.74) is 0.745. The molecule has 124 valence electrons. The second kappa shape index (κ2) is 6.87. The Labute approximate surface area is 134 Å². The van der Waals surface area contributed by atoms with Crippen LogP contribution >= 0.6 is 0 Å². The lowest BCUT2D eigenvalue weighted by atomic mass is 10.2. The van der Waals surface area contributed by atoms with Crippen LogP contribution in [0.25, 0.3) is 0 Å². The maximum Gasteiger partial charge on any atom is 0.318 e. The van der Waals surface area contributed by atoms with Gasteiger partial charge in [0.05, 0.1) is 12.6 Å². The van der Waals surface area contributed by atoms with Crippen molar-refractivity contribution in [3.63, 3.8) is 0 Å². The predicted octanol–water partition coefficient (Wildman–Crippen LogP) is 2.77. The van der Waals surface area contributed by atoms with E-state index in [1.165, 1.54) is 6.39 Å². The Morgan fingerprint density at radius 3 is 3.13 bits per heavy atom. The van der Waals surface area contributed by atoms with E-state index in [1.54, 1.807) is 7.11 Å². The van der Waals surface area contributed by atoms with Crippen molar-refractivity contribution in [1.82, 2.24) is 15.2 Å². The van der Waals surface area contributed by atoms with Crippen LogP contribution in [0.1, 0.15) is 41.9 Å². The number of furan rings is 1. The Hall–Kier alpha value is -2.28. The fourth-order valence-corrected chi connectivity index (χ4v) is 2.86. The molecule has 1 aliphatic rings. The number of amides is 2. The van der Waals surface area contributed by atoms with Gasteiger partial charge in [-0.1, -0.05) is 0 Å². The molecule has 0 radical (unpaired) electrons. The van der Waals surface area contributed by atoms with Crippen molar-refractivity contribution < 1.29 is 18.4 Å². The predicted molar refractivity (Wildman–Crippen MR) is 81.6 cm³/mol. The lowest BCUT2D eigenvalue weighted by molar-refractivity contribution is 0.156. The zero-order valence-electron chi connectivity index (χ0n) is 13.4. The average molecular weight is 319 g/mol. The van der Waals surface area contributed by atoms with Gasteiger partial charge in [0.15, 0.2) is 6.39 Å². The monoisotopic (exact) mass is 319 g/mol. The number of methoxy groups -OCH3 is 1. The summed E-state index contributed by atoms with van der Waals surface area (Å²) in [5, 5.41) is 2.90. The van der Waals surface area contributed by atoms with Crippen LogP contribution in [-0.4, -0.2) is 29.6 Å². The molecule has 0 aromatic carbocycles. The molecule has 7 heteroatoms. The fourth-order valence-electron chi connectivity index (χ4n) is 2.86. The third kappa shape index (κ3) is 3.39. The summed E-state index contributed by atoms with van der Waals surface area (Å²) in [6.07, 6.45) is 3.24. The highest BCUT2D eigenvalue weighted by atomic mass is 16.5. The van der Waals surface area contributed by atoms with Crippen LogP contribution in [-0.2, 0) is 17.9 Å². The molecule has 0 saturated carbocycles. The van der Waals surface area contributed by atoms with E-state index in [-0.39, 0.29) is 12.1 Å². The number of rotatable bonds is 5. The second-order valence-corrected chi connectivity index (χ2v) is 5.60. The van der Waals surface area contributed by atoms with Gasteiger partial charge in [-0.15, -0.1) is 0 Å². The summed E-state index contributed by atoms with van der Waals surface area (Å²) in [6, 6.07) is 3.68. The van der Waals surface area contributed by atoms with Gasteiger partial charge in [-0.3, -0.25) is 0 Å². The molecule has 1 fully saturated rings. The molecule has 0 unspecified atom stereocenters. The van der Waals surface area contributed by atoms with Crippen molar-refractivity contribution >= 4 is 6.03 Å². The number of hydrogen-bond acceptors (Lipinski definition) is 5. The van der Waals surface area contributed by atoms with E-state index in [0.717, 1.165) is 35.8 Å². The van der Waals surface area contributed by atoms with Gasteiger partial charge in [0.25, 0.3) is 0 Å². The first-order valence-corrected chi connectivity index (χ1v) is 7.70. The third-order valence-corrected chi connectivity index (χ3v) is 4.06. The van der Waals surface area contributed by atoms with Gasteiger partial charge in [0, 0.05) is 13.7 Å². The molecule has 2 aromatic rings. The van der Waals surface area contributed by atoms with E-state index in [4.69, 9.17) is 13.6 Å². The Kier molecular flexibility index (Phi) is 4.66. The van der Waals surface area contributed by atoms with Crippen LogP contribution in [0.2, 0.25) is 0 Å². The van der Waals surface area contributed by atoms with Gasteiger partial charge in [0.2, 0.25) is 0 Å². The third-order valence-electron chi connectivity index (χ3n) is 4.06. The number of likely N-dealkylation sites (tertiary alicyclic amines) is 1. The highest BCUT2D eigenvalue weighted by Gasteiger charge is 2.32. The zero-order chi connectivity index (χ0) is 16.2. The minimum absolute atomic E-state index is 0.0287. The number of aromatic nitrogens is 1. The highest BCUT2D eigenvalue weighted by Crippen LogP contribution is 2.33. The molecule has 23 heavy (non-hydrogen) atoms. The highest BCUT2D eigenvalue weighted by molar-refractivity contribution is 5.75. The lowest BCUT2D eigenvalue weighted by Crippen LogP contribution is -2.39. The molecular formula is C16H21N3O4. The summed E-state index contributed by atoms with van der Waals surface area (Å²) in [7, 11) is 1.63. The molecule has 2 amide bonds. The van der Waals surface area contributed by atoms with E-state index in [0.29, 0.717) is 19.7 Å². The van der Waals surface area contributed by atoms with Crippen molar-refractivity contribution in [3.8, 4) is 0 Å². The first kappa shape index (κ1) is 15.6. The van der Waals surface area contributed by atoms with Gasteiger partial charge in [-0.05, 0) is 31.9 Å². The van der Waals surface area contributed by atoms with Crippen molar-refractivity contribution in [2.45, 2.75) is 39.0 Å². The Morgan fingerprint density at radius 2 is 2.39 bits per heavy atom. The molecule has 3 heterocycles. The minimum Gasteiger partial charge on any atom is -0.461 e. The quantitative estimate of drug-likeness (QED) is 0.916. The Morgan fingerprint density at radius 1 is 1.52 bits per heavy atom. The average Bonchev–Trinajstić information content (AvgIpc) is 3.25. The lowest BCUT2D eigenvalue weighted by Gasteiger charge is -2.23. The van der Waals surface area contributed by atoms with Crippen LogP contribution < -0.4 is 5.32 Å². The summed E-state index contributed by atoms with van der Waals surface area (Å²) in [4.78, 5) is 18.4. The number of carbonyl (C=O) groups is 1. The summed E-state index contributed by atoms with van der Waals surface area (Å²) < 4.78 is 16.0. The van der Waals surface area contributed by atoms with Gasteiger partial charge < -0.3 is 23.8 Å². The number of ether oxygens (including phenoxy) is 1. The SMILES string of the molecule is COCc1ccc([C@H]2CCCN2C(=O)NCc2ncoc2C)o1. The molecule has 0 spiro atoms. The number of hydrogen-bond donors (Lipinski definition) is 1. The number of carbonyl (C=O) groups excluding carboxylic acids is 1. The van der Waals surface area contributed by atoms with Crippen LogP contribution in [0, 0.1) is 6.92 Å². The molecule has 2 aromatic heterocycles. The molecule has 1 N–H and O–H groups in total. The van der Waals surface area contributed by atoms with Crippen LogP contribution in [0.4, 0.5) is 4.79 Å². The van der Waals surface area contributed by atoms with E-state index in [1.807, 2.05) is 24.0 Å². The smallest absolute Gasteiger partial charge is 0.318 e. The van der Waals surface area contributed by atoms with Crippen molar-refractivity contribution in [2.75, 3.05) is 13.7 Å². The van der Waals surface area contributed by atoms with Crippen LogP contribution in [0.15, 0.2) is 27.4 Å². The number of nitrogens with zero attached hydrogens (tertiary/aromatic N) is 2. The number of urea groups is 1. The molecule has 7 nitrogen and oxygen atoms in total. The van der Waals surface area contributed by atoms with E-state index >= 15 is 0 Å². The zero-order valence-corrected chi connectivity index (χ0v) is 13.4. The summed E-state index contributed by atoms with van der Waals surface area (Å²) in [6.45, 7) is 3.34. The molecule has 3 rings (SSSR count). The molecule has 1 aliphatic heterocycles. The number of oxazole rings is 1. The van der Waals surface area contributed by atoms with Crippen molar-refractivity contribution in [1.29, 1.82) is 0 Å². The molecule has 1 atom stereocenters. The van der Waals surface area contributed by atoms with Crippen molar-refractivity contribution in [2.24, 2.45) is 0 Å². The van der Waals surface area contributed by atoms with Gasteiger partial charge in [0.1, 0.15) is 29.6 Å². The molecule has 1 saturated heterocycles. The van der Waals surface area contributed by atoms with Gasteiger partial charge in [-0.2, -0.15) is 0 Å². The Balaban J connectivity index is 1.63. The maximum atomic E-state index is 12.5. The first-order valence-electron chi connectivity index (χ1n) is 7.70. The van der Waals surface area contributed by atoms with Gasteiger partial charge in [-0.25, -0.2) is 9.78 Å². The van der Waals surface area contributed by atoms with E-state index < -0.39 is 0 Å². The van der Waals surface area contributed by atoms with Crippen LogP contribution in [0.5, 0.6) is 0 Å². The molecule has 0 bridgehead atoms. The van der Waals surface area contributed by atoms with E-state index in [2.05, 4.69) is 10.3 Å². The van der Waals surface area contributed by atoms with Crippen molar-refractivity contribution in [3.05, 3.63) is 41.5 Å². The fraction of sp³-hybridized carbons (Fsp3) is 0.500. The second-order valence-electron chi connectivity index (χ2n) is 5.60. The molecule has 0 aliphatic carbocycles. The minimum atomic E-state index is -0.111. The Bertz CT molecular complexity index is 664. The normalized spacial score (nSPS) is 17.7. The van der Waals surface area contributed by atoms with E-state index in [9.17, 15) is 4.79 Å². The topological polar surface area (TPSA) is 80.7 Å². The standard InChI is InChI=1S/C16H21N3O4/c1-11-13(18-10-22-11)8-17-16(20)19-7-3-4-14(19)15-6-5-12(23-15)9-21-2/h5-6,10,14H,3-4,7-9H2,1-2H3,(H,17,20)/t14-/m1/s1. The van der Waals surface area contributed by atoms with Crippen LogP contribution in [0.3, 0.4) is 0 Å². The maximum absolute atomic E-state index is 12.5.